The van der Waals surface area contributed by atoms with E-state index in [2.05, 4.69) is 34.0 Å². The number of benzene rings is 1. The summed E-state index contributed by atoms with van der Waals surface area (Å²) in [4.78, 5) is 8.43. The van der Waals surface area contributed by atoms with E-state index >= 15 is 0 Å². The van der Waals surface area contributed by atoms with Crippen LogP contribution in [-0.2, 0) is 6.54 Å². The molecule has 0 radical (unpaired) electrons. The lowest BCUT2D eigenvalue weighted by molar-refractivity contribution is 1.07. The van der Waals surface area contributed by atoms with Crippen molar-refractivity contribution in [1.29, 1.82) is 0 Å². The number of nitrogens with zero attached hydrogens (tertiary/aromatic N) is 2. The van der Waals surface area contributed by atoms with E-state index < -0.39 is 0 Å². The summed E-state index contributed by atoms with van der Waals surface area (Å²) in [6, 6.07) is 10.1. The van der Waals surface area contributed by atoms with Crippen molar-refractivity contribution >= 4 is 29.6 Å². The molecule has 102 valence electrons. The molecule has 0 fully saturated rings. The number of halogens is 1. The number of allylic oxidation sites excluding steroid dienone is 1. The molecule has 2 rings (SSSR count). The monoisotopic (exact) mass is 285 g/mol. The minimum atomic E-state index is 0.212. The fourth-order valence-electron chi connectivity index (χ4n) is 1.86. The molecule has 4 heteroatoms. The molecule has 0 unspecified atom stereocenters. The van der Waals surface area contributed by atoms with Gasteiger partial charge in [0.25, 0.3) is 0 Å². The van der Waals surface area contributed by atoms with Gasteiger partial charge in [0.1, 0.15) is 5.82 Å². The van der Waals surface area contributed by atoms with Gasteiger partial charge in [0, 0.05) is 12.1 Å². The fourth-order valence-corrected chi connectivity index (χ4v) is 2.04. The van der Waals surface area contributed by atoms with Crippen LogP contribution in [-0.4, -0.2) is 9.97 Å². The van der Waals surface area contributed by atoms with Crippen LogP contribution in [0.4, 0.5) is 5.82 Å². The Morgan fingerprint density at radius 2 is 2.00 bits per heavy atom. The highest BCUT2D eigenvalue weighted by molar-refractivity contribution is 6.28. The molecular weight excluding hydrogens is 270 g/mol. The van der Waals surface area contributed by atoms with Crippen molar-refractivity contribution in [2.24, 2.45) is 0 Å². The number of aromatic nitrogens is 2. The van der Waals surface area contributed by atoms with Gasteiger partial charge in [-0.15, -0.1) is 0 Å². The fraction of sp³-hybridized carbons (Fsp3) is 0.125. The molecule has 0 atom stereocenters. The smallest absolute Gasteiger partial charge is 0.224 e. The zero-order chi connectivity index (χ0) is 14.4. The molecule has 0 aliphatic rings. The first kappa shape index (κ1) is 14.3. The van der Waals surface area contributed by atoms with Crippen LogP contribution < -0.4 is 5.32 Å². The molecule has 0 amide bonds. The maximum absolute atomic E-state index is 5.95. The van der Waals surface area contributed by atoms with E-state index in [9.17, 15) is 0 Å². The molecule has 20 heavy (non-hydrogen) atoms. The molecule has 0 aliphatic carbocycles. The Morgan fingerprint density at radius 3 is 2.65 bits per heavy atom. The standard InChI is InChI=1S/C16H16ClN3/c1-3-8-13-14(4-2)19-16(17)20-15(13)18-11-12-9-6-5-7-10-12/h3-10H,2,11H2,1H3,(H,18,19,20)/b8-3-. The van der Waals surface area contributed by atoms with Crippen LogP contribution in [0, 0.1) is 0 Å². The molecule has 0 bridgehead atoms. The van der Waals surface area contributed by atoms with Gasteiger partial charge >= 0.3 is 0 Å². The molecule has 1 heterocycles. The molecule has 0 spiro atoms. The number of hydrogen-bond acceptors (Lipinski definition) is 3. The van der Waals surface area contributed by atoms with Gasteiger partial charge in [-0.3, -0.25) is 0 Å². The van der Waals surface area contributed by atoms with Crippen molar-refractivity contribution in [3.05, 3.63) is 65.1 Å². The lowest BCUT2D eigenvalue weighted by Crippen LogP contribution is -2.06. The van der Waals surface area contributed by atoms with Gasteiger partial charge in [-0.1, -0.05) is 49.1 Å². The highest BCUT2D eigenvalue weighted by atomic mass is 35.5. The van der Waals surface area contributed by atoms with E-state index in [4.69, 9.17) is 11.6 Å². The highest BCUT2D eigenvalue weighted by Gasteiger charge is 2.09. The lowest BCUT2D eigenvalue weighted by atomic mass is 10.1. The summed E-state index contributed by atoms with van der Waals surface area (Å²) in [6.45, 7) is 6.39. The molecule has 1 N–H and O–H groups in total. The predicted octanol–water partition coefficient (Wildman–Crippen LogP) is 4.42. The van der Waals surface area contributed by atoms with Gasteiger partial charge in [0.05, 0.1) is 5.69 Å². The summed E-state index contributed by atoms with van der Waals surface area (Å²) < 4.78 is 0. The van der Waals surface area contributed by atoms with Crippen molar-refractivity contribution in [2.45, 2.75) is 13.5 Å². The summed E-state index contributed by atoms with van der Waals surface area (Å²) in [5.41, 5.74) is 2.79. The Balaban J connectivity index is 2.30. The second-order valence-corrected chi connectivity index (χ2v) is 4.52. The van der Waals surface area contributed by atoms with Crippen LogP contribution in [0.2, 0.25) is 5.28 Å². The van der Waals surface area contributed by atoms with Crippen LogP contribution in [0.5, 0.6) is 0 Å². The van der Waals surface area contributed by atoms with Crippen LogP contribution in [0.25, 0.3) is 12.2 Å². The first-order valence-corrected chi connectivity index (χ1v) is 6.73. The average molecular weight is 286 g/mol. The number of anilines is 1. The maximum Gasteiger partial charge on any atom is 0.224 e. The van der Waals surface area contributed by atoms with Gasteiger partial charge in [-0.25, -0.2) is 9.97 Å². The van der Waals surface area contributed by atoms with Gasteiger partial charge < -0.3 is 5.32 Å². The average Bonchev–Trinajstić information content (AvgIpc) is 2.48. The minimum Gasteiger partial charge on any atom is -0.365 e. The molecule has 1 aromatic carbocycles. The van der Waals surface area contributed by atoms with Crippen LogP contribution in [0.3, 0.4) is 0 Å². The number of rotatable bonds is 5. The molecule has 0 saturated heterocycles. The van der Waals surface area contributed by atoms with E-state index in [0.717, 1.165) is 11.3 Å². The number of nitrogens with one attached hydrogen (secondary N) is 1. The summed E-state index contributed by atoms with van der Waals surface area (Å²) >= 11 is 5.95. The summed E-state index contributed by atoms with van der Waals surface area (Å²) in [7, 11) is 0. The van der Waals surface area contributed by atoms with E-state index in [1.54, 1.807) is 6.08 Å². The summed E-state index contributed by atoms with van der Waals surface area (Å²) in [5, 5.41) is 3.51. The van der Waals surface area contributed by atoms with Crippen LogP contribution in [0.1, 0.15) is 23.7 Å². The third kappa shape index (κ3) is 3.45. The second kappa shape index (κ2) is 6.87. The first-order valence-electron chi connectivity index (χ1n) is 6.35. The molecule has 3 nitrogen and oxygen atoms in total. The van der Waals surface area contributed by atoms with Crippen molar-refractivity contribution in [3.8, 4) is 0 Å². The summed E-state index contributed by atoms with van der Waals surface area (Å²) in [6.07, 6.45) is 5.56. The normalized spacial score (nSPS) is 10.7. The van der Waals surface area contributed by atoms with E-state index in [-0.39, 0.29) is 5.28 Å². The Hall–Kier alpha value is -2.13. The predicted molar refractivity (Wildman–Crippen MR) is 85.6 cm³/mol. The van der Waals surface area contributed by atoms with Crippen LogP contribution in [0.15, 0.2) is 43.0 Å². The molecule has 0 saturated carbocycles. The van der Waals surface area contributed by atoms with Crippen molar-refractivity contribution in [3.63, 3.8) is 0 Å². The maximum atomic E-state index is 5.95. The van der Waals surface area contributed by atoms with E-state index in [1.165, 1.54) is 5.56 Å². The molecule has 2 aromatic rings. The van der Waals surface area contributed by atoms with Gasteiger partial charge in [-0.05, 0) is 30.2 Å². The van der Waals surface area contributed by atoms with Crippen molar-refractivity contribution < 1.29 is 0 Å². The topological polar surface area (TPSA) is 37.8 Å². The highest BCUT2D eigenvalue weighted by Crippen LogP contribution is 2.22. The molecular formula is C16H16ClN3. The zero-order valence-corrected chi connectivity index (χ0v) is 12.1. The van der Waals surface area contributed by atoms with Gasteiger partial charge in [0.2, 0.25) is 5.28 Å². The van der Waals surface area contributed by atoms with Crippen molar-refractivity contribution in [1.82, 2.24) is 9.97 Å². The Kier molecular flexibility index (Phi) is 4.91. The lowest BCUT2D eigenvalue weighted by Gasteiger charge is -2.11. The third-order valence-electron chi connectivity index (χ3n) is 2.78. The largest absolute Gasteiger partial charge is 0.365 e. The van der Waals surface area contributed by atoms with E-state index in [0.29, 0.717) is 12.4 Å². The molecule has 1 aromatic heterocycles. The second-order valence-electron chi connectivity index (χ2n) is 4.18. The quantitative estimate of drug-likeness (QED) is 0.827. The zero-order valence-electron chi connectivity index (χ0n) is 11.3. The Labute approximate surface area is 124 Å². The number of hydrogen-bond donors (Lipinski definition) is 1. The van der Waals surface area contributed by atoms with Crippen LogP contribution >= 0.6 is 11.6 Å². The van der Waals surface area contributed by atoms with E-state index in [1.807, 2.05) is 37.3 Å². The SMILES string of the molecule is C=Cc1nc(Cl)nc(NCc2ccccc2)c1/C=C\C. The Bertz CT molecular complexity index is 621. The van der Waals surface area contributed by atoms with Crippen molar-refractivity contribution in [2.75, 3.05) is 5.32 Å². The minimum absolute atomic E-state index is 0.212. The first-order chi connectivity index (χ1) is 9.74. The molecule has 0 aliphatic heterocycles. The van der Waals surface area contributed by atoms with Gasteiger partial charge in [-0.2, -0.15) is 0 Å². The Morgan fingerprint density at radius 1 is 1.25 bits per heavy atom. The van der Waals surface area contributed by atoms with Gasteiger partial charge in [0.15, 0.2) is 0 Å². The third-order valence-corrected chi connectivity index (χ3v) is 2.95. The summed E-state index contributed by atoms with van der Waals surface area (Å²) in [5.74, 6) is 0.710.